The largest absolute Gasteiger partial charge is 0.300 e. The third-order valence-corrected chi connectivity index (χ3v) is 4.59. The predicted molar refractivity (Wildman–Crippen MR) is 76.3 cm³/mol. The Bertz CT molecular complexity index is 182. The molecular formula is C14H29NS. The smallest absolute Gasteiger partial charge is 0.00927 e. The molecule has 1 heterocycles. The fourth-order valence-electron chi connectivity index (χ4n) is 2.72. The van der Waals surface area contributed by atoms with Crippen molar-refractivity contribution in [3.05, 3.63) is 0 Å². The van der Waals surface area contributed by atoms with Crippen LogP contribution in [0.2, 0.25) is 0 Å². The van der Waals surface area contributed by atoms with Crippen LogP contribution in [0.4, 0.5) is 0 Å². The van der Waals surface area contributed by atoms with Gasteiger partial charge in [0.25, 0.3) is 0 Å². The van der Waals surface area contributed by atoms with E-state index in [1.165, 1.54) is 45.2 Å². The van der Waals surface area contributed by atoms with E-state index in [-0.39, 0.29) is 0 Å². The first-order valence-corrected chi connectivity index (χ1v) is 7.67. The molecule has 0 radical (unpaired) electrons. The highest BCUT2D eigenvalue weighted by molar-refractivity contribution is 7.80. The van der Waals surface area contributed by atoms with E-state index in [4.69, 9.17) is 0 Å². The van der Waals surface area contributed by atoms with Crippen LogP contribution in [0.1, 0.15) is 52.9 Å². The zero-order valence-corrected chi connectivity index (χ0v) is 12.2. The van der Waals surface area contributed by atoms with Gasteiger partial charge in [-0.15, -0.1) is 0 Å². The van der Waals surface area contributed by atoms with Crippen molar-refractivity contribution in [3.8, 4) is 0 Å². The van der Waals surface area contributed by atoms with Gasteiger partial charge in [-0.05, 0) is 43.4 Å². The molecule has 0 aliphatic carbocycles. The number of hydrogen-bond acceptors (Lipinski definition) is 2. The highest BCUT2D eigenvalue weighted by Crippen LogP contribution is 2.23. The van der Waals surface area contributed by atoms with Gasteiger partial charge in [0, 0.05) is 12.6 Å². The van der Waals surface area contributed by atoms with Crippen LogP contribution in [0.25, 0.3) is 0 Å². The first-order chi connectivity index (χ1) is 7.69. The van der Waals surface area contributed by atoms with E-state index in [9.17, 15) is 0 Å². The Labute approximate surface area is 107 Å². The monoisotopic (exact) mass is 243 g/mol. The molecule has 1 rings (SSSR count). The van der Waals surface area contributed by atoms with Gasteiger partial charge in [0.1, 0.15) is 0 Å². The van der Waals surface area contributed by atoms with E-state index < -0.39 is 0 Å². The van der Waals surface area contributed by atoms with Crippen LogP contribution in [0.5, 0.6) is 0 Å². The highest BCUT2D eigenvalue weighted by Gasteiger charge is 2.23. The average molecular weight is 243 g/mol. The van der Waals surface area contributed by atoms with Crippen LogP contribution in [-0.2, 0) is 0 Å². The molecule has 0 aromatic rings. The van der Waals surface area contributed by atoms with Gasteiger partial charge in [0.15, 0.2) is 0 Å². The maximum absolute atomic E-state index is 4.51. The van der Waals surface area contributed by atoms with Crippen molar-refractivity contribution in [1.82, 2.24) is 4.90 Å². The molecule has 1 aliphatic heterocycles. The molecule has 16 heavy (non-hydrogen) atoms. The van der Waals surface area contributed by atoms with Crippen molar-refractivity contribution in [1.29, 1.82) is 0 Å². The molecule has 2 heteroatoms. The van der Waals surface area contributed by atoms with Crippen LogP contribution in [-0.4, -0.2) is 29.8 Å². The Balaban J connectivity index is 2.53. The van der Waals surface area contributed by atoms with Crippen molar-refractivity contribution in [2.45, 2.75) is 58.9 Å². The lowest BCUT2D eigenvalue weighted by Gasteiger charge is -2.33. The van der Waals surface area contributed by atoms with Crippen molar-refractivity contribution < 1.29 is 0 Å². The lowest BCUT2D eigenvalue weighted by Crippen LogP contribution is -2.39. The summed E-state index contributed by atoms with van der Waals surface area (Å²) in [5.74, 6) is 2.55. The van der Waals surface area contributed by atoms with Crippen LogP contribution >= 0.6 is 12.6 Å². The first kappa shape index (κ1) is 14.4. The molecule has 1 nitrogen and oxygen atoms in total. The minimum absolute atomic E-state index is 0.760. The second-order valence-electron chi connectivity index (χ2n) is 5.59. The van der Waals surface area contributed by atoms with Gasteiger partial charge in [0.05, 0.1) is 0 Å². The summed E-state index contributed by atoms with van der Waals surface area (Å²) in [6.07, 6.45) is 6.99. The number of likely N-dealkylation sites (tertiary alicyclic amines) is 1. The minimum atomic E-state index is 0.760. The first-order valence-electron chi connectivity index (χ1n) is 7.04. The van der Waals surface area contributed by atoms with E-state index in [0.717, 1.165) is 23.6 Å². The topological polar surface area (TPSA) is 3.24 Å². The number of nitrogens with zero attached hydrogens (tertiary/aromatic N) is 1. The van der Waals surface area contributed by atoms with E-state index in [1.54, 1.807) is 0 Å². The van der Waals surface area contributed by atoms with Gasteiger partial charge in [-0.25, -0.2) is 0 Å². The Kier molecular flexibility index (Phi) is 6.83. The van der Waals surface area contributed by atoms with E-state index >= 15 is 0 Å². The molecule has 1 saturated heterocycles. The standard InChI is InChI=1S/C14H29NS/c1-4-14-8-6-5-7-9-15(14)10-13(11-16)12(2)3/h12-14,16H,4-11H2,1-3H3. The summed E-state index contributed by atoms with van der Waals surface area (Å²) in [6, 6.07) is 0.837. The van der Waals surface area contributed by atoms with Gasteiger partial charge in [-0.1, -0.05) is 33.6 Å². The third-order valence-electron chi connectivity index (χ3n) is 4.12. The minimum Gasteiger partial charge on any atom is -0.300 e. The van der Waals surface area contributed by atoms with Crippen LogP contribution in [0.3, 0.4) is 0 Å². The van der Waals surface area contributed by atoms with Gasteiger partial charge in [0.2, 0.25) is 0 Å². The Hall–Kier alpha value is 0.310. The zero-order valence-electron chi connectivity index (χ0n) is 11.3. The van der Waals surface area contributed by atoms with Gasteiger partial charge in [-0.3, -0.25) is 0 Å². The summed E-state index contributed by atoms with van der Waals surface area (Å²) in [7, 11) is 0. The quantitative estimate of drug-likeness (QED) is 0.718. The predicted octanol–water partition coefficient (Wildman–Crippen LogP) is 3.84. The Morgan fingerprint density at radius 2 is 2.00 bits per heavy atom. The maximum Gasteiger partial charge on any atom is 0.00927 e. The highest BCUT2D eigenvalue weighted by atomic mass is 32.1. The summed E-state index contributed by atoms with van der Waals surface area (Å²) in [5, 5.41) is 0. The molecule has 0 N–H and O–H groups in total. The molecule has 96 valence electrons. The molecule has 2 atom stereocenters. The van der Waals surface area contributed by atoms with Crippen molar-refractivity contribution in [2.24, 2.45) is 11.8 Å². The molecule has 0 saturated carbocycles. The Morgan fingerprint density at radius 3 is 2.56 bits per heavy atom. The zero-order chi connectivity index (χ0) is 12.0. The second-order valence-corrected chi connectivity index (χ2v) is 5.96. The number of rotatable bonds is 5. The van der Waals surface area contributed by atoms with Crippen molar-refractivity contribution in [3.63, 3.8) is 0 Å². The molecule has 0 spiro atoms. The van der Waals surface area contributed by atoms with Crippen molar-refractivity contribution >= 4 is 12.6 Å². The molecule has 0 aromatic heterocycles. The van der Waals surface area contributed by atoms with E-state index in [1.807, 2.05) is 0 Å². The Morgan fingerprint density at radius 1 is 1.25 bits per heavy atom. The fraction of sp³-hybridized carbons (Fsp3) is 1.00. The summed E-state index contributed by atoms with van der Waals surface area (Å²) in [5.41, 5.74) is 0. The molecule has 1 fully saturated rings. The lowest BCUT2D eigenvalue weighted by molar-refractivity contribution is 0.155. The summed E-state index contributed by atoms with van der Waals surface area (Å²) < 4.78 is 0. The lowest BCUT2D eigenvalue weighted by atomic mass is 9.96. The van der Waals surface area contributed by atoms with Gasteiger partial charge >= 0.3 is 0 Å². The third kappa shape index (κ3) is 4.29. The van der Waals surface area contributed by atoms with Gasteiger partial charge < -0.3 is 4.90 Å². The van der Waals surface area contributed by atoms with Crippen molar-refractivity contribution in [2.75, 3.05) is 18.8 Å². The van der Waals surface area contributed by atoms with E-state index in [2.05, 4.69) is 38.3 Å². The van der Waals surface area contributed by atoms with E-state index in [0.29, 0.717) is 0 Å². The fourth-order valence-corrected chi connectivity index (χ4v) is 3.26. The molecule has 0 bridgehead atoms. The van der Waals surface area contributed by atoms with Crippen LogP contribution in [0.15, 0.2) is 0 Å². The van der Waals surface area contributed by atoms with Crippen LogP contribution in [0, 0.1) is 11.8 Å². The molecular weight excluding hydrogens is 214 g/mol. The second kappa shape index (κ2) is 7.60. The SMILES string of the molecule is CCC1CCCCCN1CC(CS)C(C)C. The summed E-state index contributed by atoms with van der Waals surface area (Å²) in [6.45, 7) is 9.59. The summed E-state index contributed by atoms with van der Waals surface area (Å²) in [4.78, 5) is 2.74. The maximum atomic E-state index is 4.51. The number of hydrogen-bond donors (Lipinski definition) is 1. The molecule has 2 unspecified atom stereocenters. The van der Waals surface area contributed by atoms with Gasteiger partial charge in [-0.2, -0.15) is 12.6 Å². The molecule has 0 amide bonds. The molecule has 1 aliphatic rings. The van der Waals surface area contributed by atoms with Crippen LogP contribution < -0.4 is 0 Å². The summed E-state index contributed by atoms with van der Waals surface area (Å²) >= 11 is 4.51. The normalized spacial score (nSPS) is 25.7. The molecule has 0 aromatic carbocycles. The average Bonchev–Trinajstić information content (AvgIpc) is 2.49. The number of thiol groups is 1.